The van der Waals surface area contributed by atoms with Crippen LogP contribution in [0.5, 0.6) is 0 Å². The van der Waals surface area contributed by atoms with Crippen LogP contribution in [-0.2, 0) is 6.54 Å². The number of carbonyl (C=O) groups is 2. The Morgan fingerprint density at radius 3 is 2.67 bits per heavy atom. The number of carbonyl (C=O) groups excluding carboxylic acids is 2. The van der Waals surface area contributed by atoms with E-state index in [9.17, 15) is 14.4 Å². The van der Waals surface area contributed by atoms with E-state index < -0.39 is 11.5 Å². The van der Waals surface area contributed by atoms with Crippen molar-refractivity contribution in [1.82, 2.24) is 14.7 Å². The Bertz CT molecular complexity index is 975. The monoisotopic (exact) mass is 321 g/mol. The zero-order valence-corrected chi connectivity index (χ0v) is 13.0. The van der Waals surface area contributed by atoms with Crippen molar-refractivity contribution < 1.29 is 9.59 Å². The molecule has 2 heterocycles. The van der Waals surface area contributed by atoms with Crippen molar-refractivity contribution in [1.29, 1.82) is 0 Å². The largest absolute Gasteiger partial charge is 0.348 e. The summed E-state index contributed by atoms with van der Waals surface area (Å²) in [7, 11) is 0. The molecule has 0 fully saturated rings. The van der Waals surface area contributed by atoms with Crippen molar-refractivity contribution in [3.63, 3.8) is 0 Å². The fraction of sp³-hybridized carbons (Fsp3) is 0.111. The van der Waals surface area contributed by atoms with Gasteiger partial charge in [0.1, 0.15) is 11.2 Å². The lowest BCUT2D eigenvalue weighted by Gasteiger charge is -2.07. The molecular weight excluding hydrogens is 306 g/mol. The minimum atomic E-state index is -0.509. The number of aldehydes is 1. The third kappa shape index (κ3) is 3.08. The fourth-order valence-corrected chi connectivity index (χ4v) is 2.30. The van der Waals surface area contributed by atoms with Gasteiger partial charge in [-0.1, -0.05) is 29.8 Å². The number of hydrogen-bond acceptors (Lipinski definition) is 4. The summed E-state index contributed by atoms with van der Waals surface area (Å²) in [6.45, 7) is 2.30. The molecular formula is C18H15N3O3. The first-order valence-electron chi connectivity index (χ1n) is 7.39. The highest BCUT2D eigenvalue weighted by Crippen LogP contribution is 2.04. The SMILES string of the molecule is Cc1ccc(CNC(=O)c2cnc3ccc(C=O)cn3c2=O)cc1. The second-order valence-corrected chi connectivity index (χ2v) is 5.45. The van der Waals surface area contributed by atoms with Crippen molar-refractivity contribution in [3.8, 4) is 0 Å². The maximum atomic E-state index is 12.4. The molecule has 0 radical (unpaired) electrons. The second-order valence-electron chi connectivity index (χ2n) is 5.45. The van der Waals surface area contributed by atoms with Gasteiger partial charge in [-0.25, -0.2) is 4.98 Å². The summed E-state index contributed by atoms with van der Waals surface area (Å²) in [5, 5.41) is 2.71. The molecule has 0 aliphatic rings. The van der Waals surface area contributed by atoms with Crippen LogP contribution in [0.1, 0.15) is 31.8 Å². The zero-order chi connectivity index (χ0) is 17.1. The molecule has 0 saturated carbocycles. The Labute approximate surface area is 137 Å². The molecule has 0 bridgehead atoms. The molecule has 0 aliphatic carbocycles. The summed E-state index contributed by atoms with van der Waals surface area (Å²) >= 11 is 0. The normalized spacial score (nSPS) is 10.5. The van der Waals surface area contributed by atoms with Crippen molar-refractivity contribution >= 4 is 17.8 Å². The summed E-state index contributed by atoms with van der Waals surface area (Å²) in [6.07, 6.45) is 3.26. The number of rotatable bonds is 4. The number of aryl methyl sites for hydroxylation is 1. The van der Waals surface area contributed by atoms with Crippen LogP contribution in [-0.4, -0.2) is 21.6 Å². The third-order valence-corrected chi connectivity index (χ3v) is 3.68. The Morgan fingerprint density at radius 1 is 1.21 bits per heavy atom. The number of benzene rings is 1. The maximum absolute atomic E-state index is 12.4. The van der Waals surface area contributed by atoms with Gasteiger partial charge >= 0.3 is 0 Å². The van der Waals surface area contributed by atoms with Gasteiger partial charge in [0, 0.05) is 24.5 Å². The maximum Gasteiger partial charge on any atom is 0.270 e. The van der Waals surface area contributed by atoms with Gasteiger partial charge in [-0.3, -0.25) is 18.8 Å². The average molecular weight is 321 g/mol. The zero-order valence-electron chi connectivity index (χ0n) is 13.0. The van der Waals surface area contributed by atoms with Crippen molar-refractivity contribution in [3.05, 3.63) is 81.4 Å². The molecule has 3 aromatic rings. The molecule has 2 aromatic heterocycles. The van der Waals surface area contributed by atoms with E-state index in [1.54, 1.807) is 12.1 Å². The highest BCUT2D eigenvalue weighted by atomic mass is 16.2. The van der Waals surface area contributed by atoms with Crippen molar-refractivity contribution in [2.45, 2.75) is 13.5 Å². The topological polar surface area (TPSA) is 80.5 Å². The minimum absolute atomic E-state index is 0.0670. The molecule has 0 spiro atoms. The van der Waals surface area contributed by atoms with Crippen LogP contribution in [0.15, 0.2) is 53.6 Å². The highest BCUT2D eigenvalue weighted by molar-refractivity contribution is 5.93. The number of nitrogens with one attached hydrogen (secondary N) is 1. The van der Waals surface area contributed by atoms with Gasteiger partial charge in [-0.05, 0) is 24.6 Å². The van der Waals surface area contributed by atoms with E-state index in [0.717, 1.165) is 11.1 Å². The molecule has 6 nitrogen and oxygen atoms in total. The van der Waals surface area contributed by atoms with Crippen LogP contribution >= 0.6 is 0 Å². The molecule has 0 atom stereocenters. The number of amides is 1. The van der Waals surface area contributed by atoms with Crippen LogP contribution in [0.2, 0.25) is 0 Å². The van der Waals surface area contributed by atoms with Gasteiger partial charge in [0.25, 0.3) is 11.5 Å². The number of pyridine rings is 1. The average Bonchev–Trinajstić information content (AvgIpc) is 2.61. The first-order valence-corrected chi connectivity index (χ1v) is 7.39. The first-order chi connectivity index (χ1) is 11.6. The first kappa shape index (κ1) is 15.6. The van der Waals surface area contributed by atoms with E-state index in [1.807, 2.05) is 31.2 Å². The van der Waals surface area contributed by atoms with E-state index >= 15 is 0 Å². The Balaban J connectivity index is 1.86. The van der Waals surface area contributed by atoms with Crippen molar-refractivity contribution in [2.24, 2.45) is 0 Å². The van der Waals surface area contributed by atoms with Crippen LogP contribution in [0.3, 0.4) is 0 Å². The van der Waals surface area contributed by atoms with Gasteiger partial charge in [0.15, 0.2) is 6.29 Å². The van der Waals surface area contributed by atoms with Crippen LogP contribution in [0.25, 0.3) is 5.65 Å². The molecule has 0 saturated heterocycles. The lowest BCUT2D eigenvalue weighted by Crippen LogP contribution is -2.31. The van der Waals surface area contributed by atoms with Crippen LogP contribution in [0.4, 0.5) is 0 Å². The summed E-state index contributed by atoms with van der Waals surface area (Å²) < 4.78 is 1.20. The van der Waals surface area contributed by atoms with Gasteiger partial charge in [-0.2, -0.15) is 0 Å². The minimum Gasteiger partial charge on any atom is -0.348 e. The molecule has 0 aliphatic heterocycles. The number of nitrogens with zero attached hydrogens (tertiary/aromatic N) is 2. The lowest BCUT2D eigenvalue weighted by molar-refractivity contribution is 0.0948. The summed E-state index contributed by atoms with van der Waals surface area (Å²) in [4.78, 5) is 39.6. The predicted molar refractivity (Wildman–Crippen MR) is 89.2 cm³/mol. The van der Waals surface area contributed by atoms with Crippen LogP contribution < -0.4 is 10.9 Å². The molecule has 3 rings (SSSR count). The van der Waals surface area contributed by atoms with Gasteiger partial charge in [0.2, 0.25) is 0 Å². The second kappa shape index (κ2) is 6.45. The van der Waals surface area contributed by atoms with Crippen LogP contribution in [0, 0.1) is 6.92 Å². The number of fused-ring (bicyclic) bond motifs is 1. The third-order valence-electron chi connectivity index (χ3n) is 3.68. The van der Waals surface area contributed by atoms with Gasteiger partial charge in [-0.15, -0.1) is 0 Å². The van der Waals surface area contributed by atoms with Gasteiger partial charge < -0.3 is 5.32 Å². The van der Waals surface area contributed by atoms with E-state index in [-0.39, 0.29) is 5.56 Å². The molecule has 1 amide bonds. The molecule has 24 heavy (non-hydrogen) atoms. The number of hydrogen-bond donors (Lipinski definition) is 1. The Kier molecular flexibility index (Phi) is 4.20. The summed E-state index contributed by atoms with van der Waals surface area (Å²) in [5.74, 6) is -0.501. The molecule has 6 heteroatoms. The highest BCUT2D eigenvalue weighted by Gasteiger charge is 2.13. The summed E-state index contributed by atoms with van der Waals surface area (Å²) in [6, 6.07) is 10.9. The summed E-state index contributed by atoms with van der Waals surface area (Å²) in [5.41, 5.74) is 2.20. The van der Waals surface area contributed by atoms with E-state index in [4.69, 9.17) is 0 Å². The van der Waals surface area contributed by atoms with E-state index in [0.29, 0.717) is 24.0 Å². The molecule has 1 aromatic carbocycles. The van der Waals surface area contributed by atoms with E-state index in [1.165, 1.54) is 16.8 Å². The number of aromatic nitrogens is 2. The molecule has 1 N–H and O–H groups in total. The Morgan fingerprint density at radius 2 is 1.96 bits per heavy atom. The molecule has 0 unspecified atom stereocenters. The lowest BCUT2D eigenvalue weighted by atomic mass is 10.1. The smallest absolute Gasteiger partial charge is 0.270 e. The Hall–Kier alpha value is -3.28. The fourth-order valence-electron chi connectivity index (χ4n) is 2.30. The standard InChI is InChI=1S/C18H15N3O3/c1-12-2-4-13(5-3-12)8-20-17(23)15-9-19-16-7-6-14(11-22)10-21(16)18(15)24/h2-7,9-11H,8H2,1H3,(H,20,23). The molecule has 120 valence electrons. The quantitative estimate of drug-likeness (QED) is 0.742. The van der Waals surface area contributed by atoms with E-state index in [2.05, 4.69) is 10.3 Å². The predicted octanol–water partition coefficient (Wildman–Crippen LogP) is 1.75. The van der Waals surface area contributed by atoms with Gasteiger partial charge in [0.05, 0.1) is 0 Å². The van der Waals surface area contributed by atoms with Crippen molar-refractivity contribution in [2.75, 3.05) is 0 Å².